The molecule has 0 spiro atoms. The smallest absolute Gasteiger partial charge is 0.249 e. The van der Waals surface area contributed by atoms with Crippen LogP contribution in [0.3, 0.4) is 0 Å². The minimum atomic E-state index is -1.66. The van der Waals surface area contributed by atoms with E-state index in [2.05, 4.69) is 31.3 Å². The van der Waals surface area contributed by atoms with Crippen LogP contribution < -0.4 is 5.32 Å². The first-order valence-corrected chi connectivity index (χ1v) is 23.1. The molecule has 0 aromatic rings. The second-order valence-electron chi connectivity index (χ2n) is 16.5. The van der Waals surface area contributed by atoms with Gasteiger partial charge in [-0.25, -0.2) is 0 Å². The van der Waals surface area contributed by atoms with Gasteiger partial charge < -0.3 is 50.5 Å². The predicted octanol–water partition coefficient (Wildman–Crippen LogP) is 7.28. The maximum atomic E-state index is 13.1. The van der Waals surface area contributed by atoms with Gasteiger partial charge in [-0.2, -0.15) is 0 Å². The fourth-order valence-electron chi connectivity index (χ4n) is 7.43. The van der Waals surface area contributed by atoms with Crippen molar-refractivity contribution >= 4 is 5.91 Å². The Balaban J connectivity index is 2.44. The molecule has 332 valence electrons. The molecule has 0 radical (unpaired) electrons. The molecule has 0 bridgehead atoms. The lowest BCUT2D eigenvalue weighted by molar-refractivity contribution is -0.303. The van der Waals surface area contributed by atoms with Crippen LogP contribution in [-0.4, -0.2) is 110 Å². The summed E-state index contributed by atoms with van der Waals surface area (Å²) in [6, 6.07) is -1.17. The number of hydrogen-bond acceptors (Lipinski definition) is 10. The second kappa shape index (κ2) is 35.8. The van der Waals surface area contributed by atoms with Crippen LogP contribution in [-0.2, 0) is 14.3 Å². The van der Waals surface area contributed by atoms with Gasteiger partial charge in [0.05, 0.1) is 25.4 Å². The van der Waals surface area contributed by atoms with Crippen LogP contribution in [0.4, 0.5) is 0 Å². The van der Waals surface area contributed by atoms with Crippen molar-refractivity contribution in [1.29, 1.82) is 0 Å². The Morgan fingerprint density at radius 1 is 0.607 bits per heavy atom. The molecule has 11 heteroatoms. The third-order valence-electron chi connectivity index (χ3n) is 11.3. The van der Waals surface area contributed by atoms with Gasteiger partial charge in [-0.15, -0.1) is 0 Å². The average molecular weight is 802 g/mol. The molecule has 1 saturated heterocycles. The fourth-order valence-corrected chi connectivity index (χ4v) is 7.43. The molecular formula is C45H87NO10. The number of allylic oxidation sites excluding steroid dienone is 2. The molecule has 11 nitrogen and oxygen atoms in total. The van der Waals surface area contributed by atoms with E-state index in [0.717, 1.165) is 51.4 Å². The van der Waals surface area contributed by atoms with Gasteiger partial charge in [-0.05, 0) is 38.5 Å². The summed E-state index contributed by atoms with van der Waals surface area (Å²) < 4.78 is 11.1. The SMILES string of the molecule is CCCCCCCCCC/C=C\CCCCCCCCC(O)C(=O)NC(COC1OC(CO)C(O)C(O)C1O)C(O)C(O)CCCCCCCCCCCCC. The van der Waals surface area contributed by atoms with Crippen LogP contribution in [0.2, 0.25) is 0 Å². The maximum Gasteiger partial charge on any atom is 0.249 e. The molecule has 1 fully saturated rings. The number of rotatable bonds is 38. The Morgan fingerprint density at radius 2 is 1.04 bits per heavy atom. The highest BCUT2D eigenvalue weighted by Gasteiger charge is 2.44. The van der Waals surface area contributed by atoms with Crippen molar-refractivity contribution in [3.8, 4) is 0 Å². The van der Waals surface area contributed by atoms with Crippen LogP contribution in [0.5, 0.6) is 0 Å². The van der Waals surface area contributed by atoms with Gasteiger partial charge in [0.25, 0.3) is 0 Å². The minimum absolute atomic E-state index is 0.255. The molecule has 0 aromatic carbocycles. The van der Waals surface area contributed by atoms with Crippen molar-refractivity contribution in [2.45, 2.75) is 255 Å². The number of carbonyl (C=O) groups excluding carboxylic acids is 1. The standard InChI is InChI=1S/C45H87NO10/c1-3-5-7-9-11-13-15-16-17-18-19-20-21-23-25-27-29-31-33-38(49)44(54)46-36(35-55-45-43(53)42(52)41(51)39(34-47)56-45)40(50)37(48)32-30-28-26-24-22-14-12-10-8-6-4-2/h18-19,36-43,45,47-53H,3-17,20-35H2,1-2H3,(H,46,54)/b19-18-. The summed E-state index contributed by atoms with van der Waals surface area (Å²) >= 11 is 0. The molecule has 0 aromatic heterocycles. The second-order valence-corrected chi connectivity index (χ2v) is 16.5. The highest BCUT2D eigenvalue weighted by atomic mass is 16.7. The van der Waals surface area contributed by atoms with Gasteiger partial charge in [-0.1, -0.05) is 174 Å². The number of aliphatic hydroxyl groups is 7. The van der Waals surface area contributed by atoms with E-state index in [1.54, 1.807) is 0 Å². The number of unbranched alkanes of at least 4 members (excludes halogenated alkanes) is 24. The number of hydrogen-bond donors (Lipinski definition) is 8. The Bertz CT molecular complexity index is 923. The molecule has 0 aliphatic carbocycles. The van der Waals surface area contributed by atoms with Gasteiger partial charge in [0.1, 0.15) is 36.6 Å². The molecule has 1 rings (SSSR count). The lowest BCUT2D eigenvalue weighted by Gasteiger charge is -2.40. The Kier molecular flexibility index (Phi) is 33.8. The van der Waals surface area contributed by atoms with Gasteiger partial charge >= 0.3 is 0 Å². The molecule has 1 aliphatic rings. The topological polar surface area (TPSA) is 189 Å². The largest absolute Gasteiger partial charge is 0.394 e. The summed E-state index contributed by atoms with van der Waals surface area (Å²) in [5.74, 6) is -0.702. The van der Waals surface area contributed by atoms with E-state index in [0.29, 0.717) is 19.3 Å². The minimum Gasteiger partial charge on any atom is -0.394 e. The van der Waals surface area contributed by atoms with E-state index >= 15 is 0 Å². The molecular weight excluding hydrogens is 714 g/mol. The third kappa shape index (κ3) is 25.4. The zero-order chi connectivity index (χ0) is 41.2. The van der Waals surface area contributed by atoms with E-state index in [9.17, 15) is 40.5 Å². The van der Waals surface area contributed by atoms with Crippen molar-refractivity contribution in [1.82, 2.24) is 5.32 Å². The van der Waals surface area contributed by atoms with Crippen LogP contribution in [0, 0.1) is 0 Å². The van der Waals surface area contributed by atoms with E-state index in [-0.39, 0.29) is 6.42 Å². The van der Waals surface area contributed by atoms with Gasteiger partial charge in [0.2, 0.25) is 5.91 Å². The van der Waals surface area contributed by atoms with Crippen LogP contribution >= 0.6 is 0 Å². The molecule has 1 aliphatic heterocycles. The molecule has 9 unspecified atom stereocenters. The fraction of sp³-hybridized carbons (Fsp3) is 0.933. The normalized spacial score (nSPS) is 22.3. The van der Waals surface area contributed by atoms with Gasteiger partial charge in [-0.3, -0.25) is 4.79 Å². The van der Waals surface area contributed by atoms with Crippen LogP contribution in [0.15, 0.2) is 12.2 Å². The zero-order valence-electron chi connectivity index (χ0n) is 35.6. The first-order valence-electron chi connectivity index (χ1n) is 23.1. The van der Waals surface area contributed by atoms with Gasteiger partial charge in [0, 0.05) is 0 Å². The molecule has 0 saturated carbocycles. The number of carbonyl (C=O) groups is 1. The molecule has 9 atom stereocenters. The Morgan fingerprint density at radius 3 is 1.50 bits per heavy atom. The Hall–Kier alpha value is -1.15. The van der Waals surface area contributed by atoms with Crippen molar-refractivity contribution in [2.24, 2.45) is 0 Å². The van der Waals surface area contributed by atoms with Gasteiger partial charge in [0.15, 0.2) is 6.29 Å². The van der Waals surface area contributed by atoms with Crippen LogP contribution in [0.25, 0.3) is 0 Å². The van der Waals surface area contributed by atoms with E-state index in [4.69, 9.17) is 9.47 Å². The molecule has 56 heavy (non-hydrogen) atoms. The monoisotopic (exact) mass is 802 g/mol. The van der Waals surface area contributed by atoms with Crippen molar-refractivity contribution in [3.63, 3.8) is 0 Å². The third-order valence-corrected chi connectivity index (χ3v) is 11.3. The summed E-state index contributed by atoms with van der Waals surface area (Å²) in [4.78, 5) is 13.1. The molecule has 8 N–H and O–H groups in total. The Labute approximate surface area is 341 Å². The lowest BCUT2D eigenvalue weighted by atomic mass is 9.98. The van der Waals surface area contributed by atoms with Crippen LogP contribution in [0.1, 0.15) is 200 Å². The maximum absolute atomic E-state index is 13.1. The highest BCUT2D eigenvalue weighted by molar-refractivity contribution is 5.80. The lowest BCUT2D eigenvalue weighted by Crippen LogP contribution is -2.60. The zero-order valence-corrected chi connectivity index (χ0v) is 35.6. The van der Waals surface area contributed by atoms with E-state index in [1.165, 1.54) is 109 Å². The van der Waals surface area contributed by atoms with E-state index < -0.39 is 74.2 Å². The number of ether oxygens (including phenoxy) is 2. The van der Waals surface area contributed by atoms with Crippen molar-refractivity contribution in [3.05, 3.63) is 12.2 Å². The van der Waals surface area contributed by atoms with E-state index in [1.807, 2.05) is 0 Å². The quantitative estimate of drug-likeness (QED) is 0.0233. The highest BCUT2D eigenvalue weighted by Crippen LogP contribution is 2.23. The first kappa shape index (κ1) is 52.9. The molecule has 1 amide bonds. The summed E-state index contributed by atoms with van der Waals surface area (Å²) in [6.45, 7) is 3.42. The van der Waals surface area contributed by atoms with Crippen molar-refractivity contribution in [2.75, 3.05) is 13.2 Å². The van der Waals surface area contributed by atoms with Crippen molar-refractivity contribution < 1.29 is 50.0 Å². The predicted molar refractivity (Wildman–Crippen MR) is 224 cm³/mol. The first-order chi connectivity index (χ1) is 27.2. The summed E-state index contributed by atoms with van der Waals surface area (Å²) in [7, 11) is 0. The number of nitrogens with one attached hydrogen (secondary N) is 1. The summed E-state index contributed by atoms with van der Waals surface area (Å²) in [5, 5.41) is 75.5. The summed E-state index contributed by atoms with van der Waals surface area (Å²) in [5.41, 5.74) is 0. The average Bonchev–Trinajstić information content (AvgIpc) is 3.20. The number of aliphatic hydroxyl groups excluding tert-OH is 7. The summed E-state index contributed by atoms with van der Waals surface area (Å²) in [6.07, 6.45) is 25.5. The molecule has 1 heterocycles. The number of amides is 1.